The predicted octanol–water partition coefficient (Wildman–Crippen LogP) is -0.669. The Balaban J connectivity index is 4.68. The van der Waals surface area contributed by atoms with Gasteiger partial charge in [0.05, 0.1) is 13.7 Å². The molecule has 0 unspecified atom stereocenters. The maximum atomic E-state index is 12.2. The van der Waals surface area contributed by atoms with E-state index in [0.717, 1.165) is 0 Å². The molecule has 0 aliphatic heterocycles. The molecule has 0 radical (unpaired) electrons. The highest BCUT2D eigenvalue weighted by Crippen LogP contribution is 2.05. The van der Waals surface area contributed by atoms with Crippen molar-refractivity contribution in [1.82, 2.24) is 16.0 Å². The van der Waals surface area contributed by atoms with Crippen molar-refractivity contribution < 1.29 is 23.9 Å². The largest absolute Gasteiger partial charge is 0.467 e. The SMILES string of the molecule is COC(=O)[C@H](C)NC(=O)[C@H](CC(C)C)NC(=O)CNC(C)=O. The standard InChI is InChI=1S/C14H25N3O5/c1-8(2)6-11(17-12(19)7-15-10(4)18)13(20)16-9(3)14(21)22-5/h8-9,11H,6-7H2,1-5H3,(H,15,18)(H,16,20)(H,17,19)/t9-,11-/m0/s1. The number of nitrogens with one attached hydrogen (secondary N) is 3. The fourth-order valence-electron chi connectivity index (χ4n) is 1.70. The lowest BCUT2D eigenvalue weighted by molar-refractivity contribution is -0.144. The van der Waals surface area contributed by atoms with Gasteiger partial charge in [-0.3, -0.25) is 14.4 Å². The highest BCUT2D eigenvalue weighted by atomic mass is 16.5. The molecule has 0 saturated heterocycles. The smallest absolute Gasteiger partial charge is 0.328 e. The Morgan fingerprint density at radius 3 is 2.09 bits per heavy atom. The van der Waals surface area contributed by atoms with E-state index in [1.165, 1.54) is 21.0 Å². The number of amides is 3. The van der Waals surface area contributed by atoms with Crippen LogP contribution < -0.4 is 16.0 Å². The zero-order valence-corrected chi connectivity index (χ0v) is 13.7. The van der Waals surface area contributed by atoms with Gasteiger partial charge in [0, 0.05) is 6.92 Å². The first-order valence-electron chi connectivity index (χ1n) is 7.09. The van der Waals surface area contributed by atoms with Crippen LogP contribution in [0.15, 0.2) is 0 Å². The van der Waals surface area contributed by atoms with Gasteiger partial charge in [0.15, 0.2) is 0 Å². The van der Waals surface area contributed by atoms with E-state index in [-0.39, 0.29) is 18.4 Å². The Labute approximate surface area is 130 Å². The molecule has 0 rings (SSSR count). The molecule has 0 aromatic heterocycles. The summed E-state index contributed by atoms with van der Waals surface area (Å²) in [6.07, 6.45) is 0.408. The van der Waals surface area contributed by atoms with Crippen LogP contribution in [0, 0.1) is 5.92 Å². The second-order valence-electron chi connectivity index (χ2n) is 5.41. The van der Waals surface area contributed by atoms with E-state index in [1.54, 1.807) is 0 Å². The fraction of sp³-hybridized carbons (Fsp3) is 0.714. The van der Waals surface area contributed by atoms with E-state index in [9.17, 15) is 19.2 Å². The van der Waals surface area contributed by atoms with Crippen molar-refractivity contribution in [1.29, 1.82) is 0 Å². The third-order valence-electron chi connectivity index (χ3n) is 2.77. The number of hydrogen-bond donors (Lipinski definition) is 3. The first-order valence-corrected chi connectivity index (χ1v) is 7.09. The molecule has 0 aromatic rings. The number of rotatable bonds is 8. The number of methoxy groups -OCH3 is 1. The van der Waals surface area contributed by atoms with Gasteiger partial charge in [-0.1, -0.05) is 13.8 Å². The first kappa shape index (κ1) is 19.9. The predicted molar refractivity (Wildman–Crippen MR) is 79.7 cm³/mol. The van der Waals surface area contributed by atoms with Crippen LogP contribution in [0.1, 0.15) is 34.1 Å². The van der Waals surface area contributed by atoms with Gasteiger partial charge < -0.3 is 20.7 Å². The molecule has 0 saturated carbocycles. The topological polar surface area (TPSA) is 114 Å². The summed E-state index contributed by atoms with van der Waals surface area (Å²) in [5.74, 6) is -1.68. The summed E-state index contributed by atoms with van der Waals surface area (Å²) >= 11 is 0. The monoisotopic (exact) mass is 315 g/mol. The van der Waals surface area contributed by atoms with Crippen LogP contribution >= 0.6 is 0 Å². The van der Waals surface area contributed by atoms with Gasteiger partial charge in [-0.05, 0) is 19.3 Å². The lowest BCUT2D eigenvalue weighted by atomic mass is 10.0. The summed E-state index contributed by atoms with van der Waals surface area (Å²) in [6, 6.07) is -1.59. The van der Waals surface area contributed by atoms with Crippen LogP contribution in [-0.4, -0.2) is 49.4 Å². The van der Waals surface area contributed by atoms with Gasteiger partial charge >= 0.3 is 5.97 Å². The second kappa shape index (κ2) is 9.75. The van der Waals surface area contributed by atoms with E-state index in [0.29, 0.717) is 6.42 Å². The summed E-state index contributed by atoms with van der Waals surface area (Å²) in [5.41, 5.74) is 0. The molecule has 3 N–H and O–H groups in total. The molecule has 0 heterocycles. The molecule has 3 amide bonds. The van der Waals surface area contributed by atoms with Crippen molar-refractivity contribution in [2.45, 2.75) is 46.2 Å². The number of hydrogen-bond acceptors (Lipinski definition) is 5. The molecular formula is C14H25N3O5. The molecule has 0 aromatic carbocycles. The second-order valence-corrected chi connectivity index (χ2v) is 5.41. The Morgan fingerprint density at radius 2 is 1.64 bits per heavy atom. The lowest BCUT2D eigenvalue weighted by Gasteiger charge is -2.22. The Bertz CT molecular complexity index is 423. The van der Waals surface area contributed by atoms with Gasteiger partial charge in [0.2, 0.25) is 17.7 Å². The number of ether oxygens (including phenoxy) is 1. The van der Waals surface area contributed by atoms with Crippen LogP contribution in [0.4, 0.5) is 0 Å². The lowest BCUT2D eigenvalue weighted by Crippen LogP contribution is -2.52. The van der Waals surface area contributed by atoms with Crippen LogP contribution in [0.5, 0.6) is 0 Å². The molecule has 0 fully saturated rings. The van der Waals surface area contributed by atoms with Gasteiger partial charge in [-0.15, -0.1) is 0 Å². The highest BCUT2D eigenvalue weighted by molar-refractivity contribution is 5.91. The number of carbonyl (C=O) groups is 4. The molecule has 0 aliphatic carbocycles. The maximum absolute atomic E-state index is 12.2. The molecule has 0 spiro atoms. The fourth-order valence-corrected chi connectivity index (χ4v) is 1.70. The average Bonchev–Trinajstić information content (AvgIpc) is 2.42. The summed E-state index contributed by atoms with van der Waals surface area (Å²) in [7, 11) is 1.23. The van der Waals surface area contributed by atoms with Crippen molar-refractivity contribution in [2.24, 2.45) is 5.92 Å². The van der Waals surface area contributed by atoms with E-state index >= 15 is 0 Å². The summed E-state index contributed by atoms with van der Waals surface area (Å²) in [6.45, 7) is 6.40. The van der Waals surface area contributed by atoms with Crippen molar-refractivity contribution in [2.75, 3.05) is 13.7 Å². The molecular weight excluding hydrogens is 290 g/mol. The van der Waals surface area contributed by atoms with E-state index in [4.69, 9.17) is 0 Å². The van der Waals surface area contributed by atoms with Gasteiger partial charge in [-0.2, -0.15) is 0 Å². The summed E-state index contributed by atoms with van der Waals surface area (Å²) in [4.78, 5) is 46.0. The molecule has 0 bridgehead atoms. The van der Waals surface area contributed by atoms with Gasteiger partial charge in [-0.25, -0.2) is 4.79 Å². The third-order valence-corrected chi connectivity index (χ3v) is 2.77. The van der Waals surface area contributed by atoms with Crippen LogP contribution in [0.2, 0.25) is 0 Å². The zero-order valence-electron chi connectivity index (χ0n) is 13.7. The van der Waals surface area contributed by atoms with E-state index < -0.39 is 29.9 Å². The van der Waals surface area contributed by atoms with Crippen LogP contribution in [0.25, 0.3) is 0 Å². The number of esters is 1. The Morgan fingerprint density at radius 1 is 1.05 bits per heavy atom. The molecule has 0 aliphatic rings. The van der Waals surface area contributed by atoms with Crippen molar-refractivity contribution in [3.05, 3.63) is 0 Å². The van der Waals surface area contributed by atoms with Crippen LogP contribution in [-0.2, 0) is 23.9 Å². The minimum atomic E-state index is -0.806. The van der Waals surface area contributed by atoms with Gasteiger partial charge in [0.25, 0.3) is 0 Å². The minimum Gasteiger partial charge on any atom is -0.467 e. The quantitative estimate of drug-likeness (QED) is 0.514. The highest BCUT2D eigenvalue weighted by Gasteiger charge is 2.25. The Kier molecular flexibility index (Phi) is 8.81. The minimum absolute atomic E-state index is 0.158. The van der Waals surface area contributed by atoms with E-state index in [1.807, 2.05) is 13.8 Å². The number of carbonyl (C=O) groups excluding carboxylic acids is 4. The summed E-state index contributed by atoms with van der Waals surface area (Å²) in [5, 5.41) is 7.39. The molecule has 8 heteroatoms. The van der Waals surface area contributed by atoms with Crippen LogP contribution in [0.3, 0.4) is 0 Å². The van der Waals surface area contributed by atoms with Crippen molar-refractivity contribution in [3.63, 3.8) is 0 Å². The van der Waals surface area contributed by atoms with Gasteiger partial charge in [0.1, 0.15) is 12.1 Å². The van der Waals surface area contributed by atoms with Crippen molar-refractivity contribution in [3.8, 4) is 0 Å². The first-order chi connectivity index (χ1) is 10.2. The van der Waals surface area contributed by atoms with Crippen molar-refractivity contribution >= 4 is 23.7 Å². The molecule has 2 atom stereocenters. The third kappa shape index (κ3) is 8.23. The molecule has 126 valence electrons. The normalized spacial score (nSPS) is 13.0. The van der Waals surface area contributed by atoms with E-state index in [2.05, 4.69) is 20.7 Å². The molecule has 22 heavy (non-hydrogen) atoms. The zero-order chi connectivity index (χ0) is 17.3. The Hall–Kier alpha value is -2.12. The molecule has 8 nitrogen and oxygen atoms in total. The summed E-state index contributed by atoms with van der Waals surface area (Å²) < 4.78 is 4.53. The average molecular weight is 315 g/mol. The maximum Gasteiger partial charge on any atom is 0.328 e.